The smallest absolute Gasteiger partial charge is 0.408 e. The predicted molar refractivity (Wildman–Crippen MR) is 160 cm³/mol. The number of thioether (sulfide) groups is 1. The molecule has 208 valence electrons. The zero-order chi connectivity index (χ0) is 28.6. The third kappa shape index (κ3) is 8.48. The summed E-state index contributed by atoms with van der Waals surface area (Å²) in [6, 6.07) is 19.6. The van der Waals surface area contributed by atoms with Crippen molar-refractivity contribution in [1.82, 2.24) is 10.2 Å². The maximum Gasteiger partial charge on any atom is 0.408 e. The number of anilines is 1. The molecule has 0 aliphatic rings. The van der Waals surface area contributed by atoms with Crippen molar-refractivity contribution in [3.8, 4) is 0 Å². The standard InChI is InChI=1S/C31H39N3O4S/c1-7-21-12-14-23(15-13-21)27(28(35)32-25-17-16-22-10-8-9-11-24(22)20-25)34(5)29(36)26(18-19-39-6)33-30(37)38-31(2,3)4/h8-17,20,26-27H,7,18-19H2,1-6H3,(H,32,35)(H,33,37). The average molecular weight is 550 g/mol. The van der Waals surface area contributed by atoms with E-state index in [-0.39, 0.29) is 11.8 Å². The van der Waals surface area contributed by atoms with Crippen molar-refractivity contribution >= 4 is 46.1 Å². The number of hydrogen-bond acceptors (Lipinski definition) is 5. The van der Waals surface area contributed by atoms with E-state index >= 15 is 0 Å². The van der Waals surface area contributed by atoms with Gasteiger partial charge in [0, 0.05) is 12.7 Å². The van der Waals surface area contributed by atoms with Crippen LogP contribution in [0, 0.1) is 0 Å². The lowest BCUT2D eigenvalue weighted by atomic mass is 10.0. The van der Waals surface area contributed by atoms with Gasteiger partial charge in [-0.15, -0.1) is 0 Å². The van der Waals surface area contributed by atoms with Crippen molar-refractivity contribution in [2.75, 3.05) is 24.4 Å². The molecular weight excluding hydrogens is 510 g/mol. The van der Waals surface area contributed by atoms with E-state index in [4.69, 9.17) is 4.74 Å². The summed E-state index contributed by atoms with van der Waals surface area (Å²) in [7, 11) is 1.60. The van der Waals surface area contributed by atoms with Crippen LogP contribution >= 0.6 is 11.8 Å². The maximum absolute atomic E-state index is 13.8. The first-order valence-electron chi connectivity index (χ1n) is 13.2. The van der Waals surface area contributed by atoms with Gasteiger partial charge in [0.15, 0.2) is 0 Å². The van der Waals surface area contributed by atoms with Gasteiger partial charge >= 0.3 is 6.09 Å². The molecule has 0 spiro atoms. The number of carbonyl (C=O) groups excluding carboxylic acids is 3. The Morgan fingerprint density at radius 2 is 1.64 bits per heavy atom. The number of alkyl carbamates (subject to hydrolysis) is 1. The fourth-order valence-corrected chi connectivity index (χ4v) is 4.75. The normalized spacial score (nSPS) is 12.9. The lowest BCUT2D eigenvalue weighted by molar-refractivity contribution is -0.139. The maximum atomic E-state index is 13.8. The topological polar surface area (TPSA) is 87.7 Å². The number of fused-ring (bicyclic) bond motifs is 1. The second-order valence-electron chi connectivity index (χ2n) is 10.5. The summed E-state index contributed by atoms with van der Waals surface area (Å²) in [5, 5.41) is 7.80. The summed E-state index contributed by atoms with van der Waals surface area (Å²) < 4.78 is 5.40. The Kier molecular flexibility index (Phi) is 10.4. The van der Waals surface area contributed by atoms with Crippen LogP contribution in [0.5, 0.6) is 0 Å². The summed E-state index contributed by atoms with van der Waals surface area (Å²) in [4.78, 5) is 41.5. The number of aryl methyl sites for hydroxylation is 1. The summed E-state index contributed by atoms with van der Waals surface area (Å²) in [6.07, 6.45) is 2.53. The highest BCUT2D eigenvalue weighted by molar-refractivity contribution is 7.98. The van der Waals surface area contributed by atoms with E-state index in [1.54, 1.807) is 39.6 Å². The molecule has 2 atom stereocenters. The summed E-state index contributed by atoms with van der Waals surface area (Å²) in [5.74, 6) is -0.0569. The van der Waals surface area contributed by atoms with Gasteiger partial charge in [-0.25, -0.2) is 4.79 Å². The van der Waals surface area contributed by atoms with Crippen LogP contribution in [0.3, 0.4) is 0 Å². The molecule has 7 nitrogen and oxygen atoms in total. The van der Waals surface area contributed by atoms with E-state index in [0.29, 0.717) is 23.4 Å². The van der Waals surface area contributed by atoms with E-state index in [9.17, 15) is 14.4 Å². The second kappa shape index (κ2) is 13.5. The summed E-state index contributed by atoms with van der Waals surface area (Å²) in [6.45, 7) is 7.37. The Labute approximate surface area is 235 Å². The van der Waals surface area contributed by atoms with Gasteiger partial charge in [-0.1, -0.05) is 61.5 Å². The monoisotopic (exact) mass is 549 g/mol. The third-order valence-corrected chi connectivity index (χ3v) is 6.95. The number of benzene rings is 3. The molecule has 0 saturated carbocycles. The molecule has 8 heteroatoms. The van der Waals surface area contributed by atoms with E-state index in [1.807, 2.05) is 73.0 Å². The zero-order valence-corrected chi connectivity index (χ0v) is 24.4. The zero-order valence-electron chi connectivity index (χ0n) is 23.6. The average Bonchev–Trinajstić information content (AvgIpc) is 2.90. The number of nitrogens with one attached hydrogen (secondary N) is 2. The molecule has 2 N–H and O–H groups in total. The van der Waals surface area contributed by atoms with Gasteiger partial charge in [-0.3, -0.25) is 9.59 Å². The minimum Gasteiger partial charge on any atom is -0.444 e. The molecule has 0 fully saturated rings. The van der Waals surface area contributed by atoms with E-state index in [2.05, 4.69) is 17.6 Å². The van der Waals surface area contributed by atoms with Gasteiger partial charge in [0.1, 0.15) is 17.7 Å². The molecule has 0 bridgehead atoms. The van der Waals surface area contributed by atoms with Crippen molar-refractivity contribution < 1.29 is 19.1 Å². The summed E-state index contributed by atoms with van der Waals surface area (Å²) >= 11 is 1.57. The molecule has 0 saturated heterocycles. The first-order valence-corrected chi connectivity index (χ1v) is 14.6. The van der Waals surface area contributed by atoms with E-state index in [0.717, 1.165) is 22.8 Å². The van der Waals surface area contributed by atoms with Crippen molar-refractivity contribution in [1.29, 1.82) is 0 Å². The molecule has 3 rings (SSSR count). The molecule has 3 aromatic rings. The van der Waals surface area contributed by atoms with Crippen LogP contribution < -0.4 is 10.6 Å². The quantitative estimate of drug-likeness (QED) is 0.315. The van der Waals surface area contributed by atoms with Crippen LogP contribution in [0.2, 0.25) is 0 Å². The molecule has 3 aromatic carbocycles. The molecule has 39 heavy (non-hydrogen) atoms. The SMILES string of the molecule is CCc1ccc(C(C(=O)Nc2ccc3ccccc3c2)N(C)C(=O)C(CCSC)NC(=O)OC(C)(C)C)cc1. The molecule has 0 radical (unpaired) electrons. The van der Waals surface area contributed by atoms with Gasteiger partial charge < -0.3 is 20.3 Å². The molecule has 0 heterocycles. The number of nitrogens with zero attached hydrogens (tertiary/aromatic N) is 1. The van der Waals surface area contributed by atoms with Crippen molar-refractivity contribution in [3.05, 3.63) is 77.9 Å². The number of rotatable bonds is 10. The molecule has 0 aromatic heterocycles. The highest BCUT2D eigenvalue weighted by atomic mass is 32.2. The van der Waals surface area contributed by atoms with Crippen LogP contribution in [-0.2, 0) is 20.7 Å². The van der Waals surface area contributed by atoms with Crippen LogP contribution in [0.15, 0.2) is 66.7 Å². The predicted octanol–water partition coefficient (Wildman–Crippen LogP) is 6.19. The fourth-order valence-electron chi connectivity index (χ4n) is 4.28. The van der Waals surface area contributed by atoms with E-state index in [1.165, 1.54) is 4.90 Å². The van der Waals surface area contributed by atoms with Crippen molar-refractivity contribution in [3.63, 3.8) is 0 Å². The Balaban J connectivity index is 1.91. The van der Waals surface area contributed by atoms with Crippen LogP contribution in [0.25, 0.3) is 10.8 Å². The largest absolute Gasteiger partial charge is 0.444 e. The summed E-state index contributed by atoms with van der Waals surface area (Å²) in [5.41, 5.74) is 1.75. The first-order chi connectivity index (χ1) is 18.5. The Morgan fingerprint density at radius 1 is 0.974 bits per heavy atom. The minimum absolute atomic E-state index is 0.341. The number of carbonyl (C=O) groups is 3. The van der Waals surface area contributed by atoms with Gasteiger partial charge in [0.05, 0.1) is 0 Å². The highest BCUT2D eigenvalue weighted by Gasteiger charge is 2.34. The van der Waals surface area contributed by atoms with Crippen LogP contribution in [-0.4, -0.2) is 53.5 Å². The number of ether oxygens (including phenoxy) is 1. The second-order valence-corrected chi connectivity index (χ2v) is 11.5. The Bertz CT molecular complexity index is 1290. The lowest BCUT2D eigenvalue weighted by Crippen LogP contribution is -2.51. The van der Waals surface area contributed by atoms with Gasteiger partial charge in [-0.05, 0) is 79.7 Å². The van der Waals surface area contributed by atoms with Gasteiger partial charge in [0.2, 0.25) is 5.91 Å². The Morgan fingerprint density at radius 3 is 2.26 bits per heavy atom. The van der Waals surface area contributed by atoms with Gasteiger partial charge in [-0.2, -0.15) is 11.8 Å². The van der Waals surface area contributed by atoms with E-state index < -0.39 is 23.8 Å². The molecule has 2 unspecified atom stereocenters. The number of hydrogen-bond donors (Lipinski definition) is 2. The van der Waals surface area contributed by atoms with Gasteiger partial charge in [0.25, 0.3) is 5.91 Å². The van der Waals surface area contributed by atoms with Crippen LogP contribution in [0.4, 0.5) is 10.5 Å². The minimum atomic E-state index is -0.910. The molecule has 3 amide bonds. The Hall–Kier alpha value is -3.52. The number of likely N-dealkylation sites (N-methyl/N-ethyl adjacent to an activating group) is 1. The first kappa shape index (κ1) is 30.0. The van der Waals surface area contributed by atoms with Crippen LogP contribution in [0.1, 0.15) is 51.3 Å². The third-order valence-electron chi connectivity index (χ3n) is 6.30. The molecular formula is C31H39N3O4S. The van der Waals surface area contributed by atoms with Crippen molar-refractivity contribution in [2.45, 2.75) is 58.2 Å². The highest BCUT2D eigenvalue weighted by Crippen LogP contribution is 2.26. The molecule has 0 aliphatic carbocycles. The lowest BCUT2D eigenvalue weighted by Gasteiger charge is -2.31. The number of amides is 3. The van der Waals surface area contributed by atoms with Crippen molar-refractivity contribution in [2.24, 2.45) is 0 Å². The molecule has 0 aliphatic heterocycles. The fraction of sp³-hybridized carbons (Fsp3) is 0.387.